The van der Waals surface area contributed by atoms with E-state index in [1.807, 2.05) is 19.1 Å². The third-order valence-corrected chi connectivity index (χ3v) is 4.62. The van der Waals surface area contributed by atoms with Gasteiger partial charge in [-0.15, -0.1) is 0 Å². The molecule has 102 valence electrons. The number of aryl methyl sites for hydroxylation is 1. The average Bonchev–Trinajstić information content (AvgIpc) is 2.28. The Morgan fingerprint density at radius 3 is 2.50 bits per heavy atom. The summed E-state index contributed by atoms with van der Waals surface area (Å²) >= 11 is 0. The molecule has 1 atom stereocenters. The van der Waals surface area contributed by atoms with E-state index in [1.165, 1.54) is 18.4 Å². The molecule has 0 saturated heterocycles. The number of sulfonamides is 1. The highest BCUT2D eigenvalue weighted by Gasteiger charge is 2.22. The Balaban J connectivity index is 3.04. The lowest BCUT2D eigenvalue weighted by Crippen LogP contribution is -2.31. The number of hydrogen-bond donors (Lipinski definition) is 1. The van der Waals surface area contributed by atoms with Gasteiger partial charge < -0.3 is 10.5 Å². The molecular weight excluding hydrogens is 252 g/mol. The van der Waals surface area contributed by atoms with Crippen molar-refractivity contribution in [3.8, 4) is 5.75 Å². The van der Waals surface area contributed by atoms with Gasteiger partial charge in [-0.3, -0.25) is 0 Å². The van der Waals surface area contributed by atoms with Crippen LogP contribution in [0.4, 0.5) is 0 Å². The molecule has 6 heteroatoms. The number of ether oxygens (including phenoxy) is 1. The minimum Gasteiger partial charge on any atom is -0.496 e. The van der Waals surface area contributed by atoms with Gasteiger partial charge in [0.1, 0.15) is 5.75 Å². The van der Waals surface area contributed by atoms with Crippen molar-refractivity contribution in [3.63, 3.8) is 0 Å². The minimum atomic E-state index is -3.33. The highest BCUT2D eigenvalue weighted by atomic mass is 32.2. The molecule has 5 nitrogen and oxygen atoms in total. The Kier molecular flexibility index (Phi) is 4.72. The standard InChI is InChI=1S/C12H20N2O3S/c1-9-5-6-12(17-4)10(7-9)11(13)8-18(15,16)14(2)3/h5-7,11H,8,13H2,1-4H3. The fourth-order valence-corrected chi connectivity index (χ4v) is 2.54. The predicted octanol–water partition coefficient (Wildman–Crippen LogP) is 0.895. The monoisotopic (exact) mass is 272 g/mol. The predicted molar refractivity (Wildman–Crippen MR) is 72.1 cm³/mol. The number of nitrogens with two attached hydrogens (primary N) is 1. The quantitative estimate of drug-likeness (QED) is 0.864. The van der Waals surface area contributed by atoms with Gasteiger partial charge in [-0.05, 0) is 13.0 Å². The van der Waals surface area contributed by atoms with Crippen molar-refractivity contribution in [2.45, 2.75) is 13.0 Å². The first-order valence-corrected chi connectivity index (χ1v) is 7.19. The average molecular weight is 272 g/mol. The molecule has 2 N–H and O–H groups in total. The first-order valence-electron chi connectivity index (χ1n) is 5.58. The van der Waals surface area contributed by atoms with E-state index in [9.17, 15) is 8.42 Å². The van der Waals surface area contributed by atoms with Crippen LogP contribution in [0.5, 0.6) is 5.75 Å². The van der Waals surface area contributed by atoms with Crippen LogP contribution in [-0.2, 0) is 10.0 Å². The van der Waals surface area contributed by atoms with Gasteiger partial charge in [-0.25, -0.2) is 12.7 Å². The molecule has 0 fully saturated rings. The van der Waals surface area contributed by atoms with Gasteiger partial charge in [0.05, 0.1) is 12.9 Å². The third kappa shape index (κ3) is 3.44. The Morgan fingerprint density at radius 1 is 1.39 bits per heavy atom. The molecule has 0 aromatic heterocycles. The zero-order valence-electron chi connectivity index (χ0n) is 11.2. The maximum Gasteiger partial charge on any atom is 0.215 e. The summed E-state index contributed by atoms with van der Waals surface area (Å²) in [4.78, 5) is 0. The molecule has 0 bridgehead atoms. The summed E-state index contributed by atoms with van der Waals surface area (Å²) in [7, 11) is 1.20. The summed E-state index contributed by atoms with van der Waals surface area (Å²) in [6.07, 6.45) is 0. The van der Waals surface area contributed by atoms with Gasteiger partial charge >= 0.3 is 0 Å². The van der Waals surface area contributed by atoms with E-state index < -0.39 is 16.1 Å². The summed E-state index contributed by atoms with van der Waals surface area (Å²) in [5.74, 6) is 0.474. The summed E-state index contributed by atoms with van der Waals surface area (Å²) in [5.41, 5.74) is 7.71. The van der Waals surface area contributed by atoms with E-state index >= 15 is 0 Å². The lowest BCUT2D eigenvalue weighted by molar-refractivity contribution is 0.406. The second-order valence-electron chi connectivity index (χ2n) is 4.41. The van der Waals surface area contributed by atoms with E-state index in [1.54, 1.807) is 13.2 Å². The molecule has 0 radical (unpaired) electrons. The molecule has 1 rings (SSSR count). The van der Waals surface area contributed by atoms with Gasteiger partial charge in [0.25, 0.3) is 0 Å². The van der Waals surface area contributed by atoms with Crippen molar-refractivity contribution in [1.82, 2.24) is 4.31 Å². The summed E-state index contributed by atoms with van der Waals surface area (Å²) in [5, 5.41) is 0. The first kappa shape index (κ1) is 14.9. The smallest absolute Gasteiger partial charge is 0.215 e. The fraction of sp³-hybridized carbons (Fsp3) is 0.500. The van der Waals surface area contributed by atoms with Crippen molar-refractivity contribution in [3.05, 3.63) is 29.3 Å². The molecule has 1 aromatic rings. The van der Waals surface area contributed by atoms with Crippen LogP contribution in [0.25, 0.3) is 0 Å². The van der Waals surface area contributed by atoms with Crippen LogP contribution in [0.3, 0.4) is 0 Å². The Bertz CT molecular complexity index is 512. The van der Waals surface area contributed by atoms with E-state index in [2.05, 4.69) is 0 Å². The topological polar surface area (TPSA) is 72.6 Å². The highest BCUT2D eigenvalue weighted by Crippen LogP contribution is 2.26. The molecule has 1 aromatic carbocycles. The maximum absolute atomic E-state index is 11.8. The van der Waals surface area contributed by atoms with Crippen LogP contribution in [0.2, 0.25) is 0 Å². The second kappa shape index (κ2) is 5.69. The number of benzene rings is 1. The van der Waals surface area contributed by atoms with E-state index in [4.69, 9.17) is 10.5 Å². The Labute approximate surface area is 109 Å². The molecule has 0 aliphatic heterocycles. The third-order valence-electron chi connectivity index (χ3n) is 2.73. The maximum atomic E-state index is 11.8. The molecule has 18 heavy (non-hydrogen) atoms. The van der Waals surface area contributed by atoms with Gasteiger partial charge in [-0.2, -0.15) is 0 Å². The Hall–Kier alpha value is -1.11. The summed E-state index contributed by atoms with van der Waals surface area (Å²) in [6.45, 7) is 1.93. The van der Waals surface area contributed by atoms with Gasteiger partial charge in [0.2, 0.25) is 10.0 Å². The zero-order chi connectivity index (χ0) is 13.9. The summed E-state index contributed by atoms with van der Waals surface area (Å²) in [6, 6.07) is 4.95. The van der Waals surface area contributed by atoms with Crippen LogP contribution in [0, 0.1) is 6.92 Å². The lowest BCUT2D eigenvalue weighted by Gasteiger charge is -2.19. The van der Waals surface area contributed by atoms with E-state index in [-0.39, 0.29) is 5.75 Å². The number of methoxy groups -OCH3 is 1. The number of hydrogen-bond acceptors (Lipinski definition) is 4. The van der Waals surface area contributed by atoms with Gasteiger partial charge in [0.15, 0.2) is 0 Å². The minimum absolute atomic E-state index is 0.139. The second-order valence-corrected chi connectivity index (χ2v) is 6.64. The van der Waals surface area contributed by atoms with Crippen LogP contribution >= 0.6 is 0 Å². The molecule has 0 amide bonds. The zero-order valence-corrected chi connectivity index (χ0v) is 12.0. The van der Waals surface area contributed by atoms with Crippen molar-refractivity contribution in [1.29, 1.82) is 0 Å². The molecule has 1 unspecified atom stereocenters. The van der Waals surface area contributed by atoms with Crippen molar-refractivity contribution >= 4 is 10.0 Å². The Morgan fingerprint density at radius 2 is 2.00 bits per heavy atom. The molecular formula is C12H20N2O3S. The number of nitrogens with zero attached hydrogens (tertiary/aromatic N) is 1. The van der Waals surface area contributed by atoms with Crippen LogP contribution in [0.15, 0.2) is 18.2 Å². The van der Waals surface area contributed by atoms with Crippen LogP contribution in [0.1, 0.15) is 17.2 Å². The molecule has 0 heterocycles. The molecule has 0 saturated carbocycles. The summed E-state index contributed by atoms with van der Waals surface area (Å²) < 4.78 is 30.0. The van der Waals surface area contributed by atoms with Crippen molar-refractivity contribution in [2.24, 2.45) is 5.73 Å². The van der Waals surface area contributed by atoms with Crippen LogP contribution < -0.4 is 10.5 Å². The normalized spacial score (nSPS) is 13.7. The largest absolute Gasteiger partial charge is 0.496 e. The first-order chi connectivity index (χ1) is 8.27. The van der Waals surface area contributed by atoms with Crippen LogP contribution in [-0.4, -0.2) is 39.7 Å². The van der Waals surface area contributed by atoms with E-state index in [0.717, 1.165) is 5.56 Å². The lowest BCUT2D eigenvalue weighted by atomic mass is 10.1. The van der Waals surface area contributed by atoms with Gasteiger partial charge in [-0.1, -0.05) is 17.7 Å². The van der Waals surface area contributed by atoms with E-state index in [0.29, 0.717) is 11.3 Å². The molecule has 0 aliphatic rings. The van der Waals surface area contributed by atoms with Crippen molar-refractivity contribution < 1.29 is 13.2 Å². The van der Waals surface area contributed by atoms with Gasteiger partial charge in [0, 0.05) is 25.7 Å². The van der Waals surface area contributed by atoms with Crippen molar-refractivity contribution in [2.75, 3.05) is 27.0 Å². The molecule has 0 aliphatic carbocycles. The fourth-order valence-electron chi connectivity index (χ4n) is 1.61. The molecule has 0 spiro atoms. The highest BCUT2D eigenvalue weighted by molar-refractivity contribution is 7.89. The SMILES string of the molecule is COc1ccc(C)cc1C(N)CS(=O)(=O)N(C)C. The number of rotatable bonds is 5.